The first-order valence-electron chi connectivity index (χ1n) is 9.97. The van der Waals surface area contributed by atoms with Gasteiger partial charge in [0.25, 0.3) is 11.6 Å². The number of nitro benzene ring substituents is 1. The molecular weight excluding hydrogens is 443 g/mol. The Morgan fingerprint density at radius 1 is 1.12 bits per heavy atom. The molecule has 1 amide bonds. The minimum atomic E-state index is -0.573. The fraction of sp³-hybridized carbons (Fsp3) is 0.0833. The molecule has 1 heterocycles. The molecule has 0 bridgehead atoms. The van der Waals surface area contributed by atoms with Crippen LogP contribution in [-0.2, 0) is 6.54 Å². The lowest BCUT2D eigenvalue weighted by atomic mass is 10.1. The number of nitrogens with one attached hydrogen (secondary N) is 1. The molecule has 7 nitrogen and oxygen atoms in total. The molecule has 4 aromatic rings. The van der Waals surface area contributed by atoms with E-state index in [-0.39, 0.29) is 23.6 Å². The van der Waals surface area contributed by atoms with Crippen molar-refractivity contribution in [2.45, 2.75) is 11.4 Å². The molecule has 33 heavy (non-hydrogen) atoms. The highest BCUT2D eigenvalue weighted by Gasteiger charge is 2.21. The van der Waals surface area contributed by atoms with Gasteiger partial charge in [0.2, 0.25) is 0 Å². The van der Waals surface area contributed by atoms with E-state index >= 15 is 0 Å². The number of benzene rings is 3. The van der Waals surface area contributed by atoms with Crippen molar-refractivity contribution >= 4 is 23.4 Å². The van der Waals surface area contributed by atoms with Crippen molar-refractivity contribution in [1.29, 1.82) is 0 Å². The van der Waals surface area contributed by atoms with E-state index in [0.717, 1.165) is 10.6 Å². The predicted octanol–water partition coefficient (Wildman–Crippen LogP) is 5.24. The predicted molar refractivity (Wildman–Crippen MR) is 125 cm³/mol. The molecule has 1 N–H and O–H groups in total. The van der Waals surface area contributed by atoms with Gasteiger partial charge in [-0.05, 0) is 54.8 Å². The Kier molecular flexibility index (Phi) is 6.50. The molecule has 0 aliphatic rings. The molecule has 4 rings (SSSR count). The van der Waals surface area contributed by atoms with Crippen molar-refractivity contribution in [3.63, 3.8) is 0 Å². The summed E-state index contributed by atoms with van der Waals surface area (Å²) in [5.41, 5.74) is 2.50. The van der Waals surface area contributed by atoms with E-state index in [4.69, 9.17) is 0 Å². The number of hydrogen-bond donors (Lipinski definition) is 1. The quantitative estimate of drug-likeness (QED) is 0.230. The van der Waals surface area contributed by atoms with E-state index in [0.29, 0.717) is 16.8 Å². The first-order valence-corrected chi connectivity index (χ1v) is 11.2. The molecule has 0 aliphatic heterocycles. The average molecular weight is 463 g/mol. The maximum atomic E-state index is 13.4. The molecular formula is C24H19FN4O3S. The number of amides is 1. The summed E-state index contributed by atoms with van der Waals surface area (Å²) in [6.07, 6.45) is 3.61. The second kappa shape index (κ2) is 9.66. The Bertz CT molecular complexity index is 1310. The van der Waals surface area contributed by atoms with Gasteiger partial charge in [-0.1, -0.05) is 18.2 Å². The Morgan fingerprint density at radius 2 is 1.85 bits per heavy atom. The molecule has 0 fully saturated rings. The summed E-state index contributed by atoms with van der Waals surface area (Å²) in [6.45, 7) is 0.0824. The summed E-state index contributed by atoms with van der Waals surface area (Å²) in [4.78, 5) is 24.5. The van der Waals surface area contributed by atoms with Gasteiger partial charge in [0.05, 0.1) is 16.3 Å². The molecule has 0 saturated carbocycles. The van der Waals surface area contributed by atoms with Crippen LogP contribution in [0.1, 0.15) is 15.9 Å². The van der Waals surface area contributed by atoms with Crippen molar-refractivity contribution in [3.8, 4) is 16.9 Å². The largest absolute Gasteiger partial charge is 0.348 e. The molecule has 0 atom stereocenters. The third-order valence-corrected chi connectivity index (χ3v) is 5.74. The number of halogens is 1. The smallest absolute Gasteiger partial charge is 0.282 e. The number of hydrogen-bond acceptors (Lipinski definition) is 5. The van der Waals surface area contributed by atoms with E-state index in [1.54, 1.807) is 29.1 Å². The zero-order valence-corrected chi connectivity index (χ0v) is 18.4. The highest BCUT2D eigenvalue weighted by molar-refractivity contribution is 7.98. The molecule has 0 aliphatic carbocycles. The van der Waals surface area contributed by atoms with E-state index in [9.17, 15) is 19.3 Å². The molecule has 3 aromatic carbocycles. The normalized spacial score (nSPS) is 10.7. The molecule has 0 saturated heterocycles. The van der Waals surface area contributed by atoms with Gasteiger partial charge in [-0.3, -0.25) is 14.9 Å². The van der Waals surface area contributed by atoms with Crippen LogP contribution in [0.5, 0.6) is 0 Å². The standard InChI is InChI=1S/C24H19FN4O3S/c1-33-20-11-12-22(29(31)32)21(13-20)24(30)26-14-17-15-28(19-5-3-2-4-6-19)27-23(17)16-7-9-18(25)10-8-16/h2-13,15H,14H2,1H3,(H,26,30). The lowest BCUT2D eigenvalue weighted by Crippen LogP contribution is -2.24. The van der Waals surface area contributed by atoms with Crippen molar-refractivity contribution in [2.75, 3.05) is 6.26 Å². The van der Waals surface area contributed by atoms with E-state index in [1.807, 2.05) is 36.6 Å². The highest BCUT2D eigenvalue weighted by atomic mass is 32.2. The van der Waals surface area contributed by atoms with Crippen LogP contribution in [0.3, 0.4) is 0 Å². The third kappa shape index (κ3) is 4.93. The van der Waals surface area contributed by atoms with Gasteiger partial charge in [0.15, 0.2) is 0 Å². The minimum Gasteiger partial charge on any atom is -0.348 e. The van der Waals surface area contributed by atoms with Crippen molar-refractivity contribution in [3.05, 3.63) is 106 Å². The summed E-state index contributed by atoms with van der Waals surface area (Å²) in [5, 5.41) is 18.8. The summed E-state index contributed by atoms with van der Waals surface area (Å²) >= 11 is 1.39. The lowest BCUT2D eigenvalue weighted by Gasteiger charge is -2.08. The molecule has 0 spiro atoms. The monoisotopic (exact) mass is 462 g/mol. The van der Waals surface area contributed by atoms with Gasteiger partial charge in [-0.25, -0.2) is 9.07 Å². The van der Waals surface area contributed by atoms with E-state index < -0.39 is 10.8 Å². The second-order valence-corrected chi connectivity index (χ2v) is 7.99. The maximum Gasteiger partial charge on any atom is 0.282 e. The minimum absolute atomic E-state index is 0.00867. The zero-order valence-electron chi connectivity index (χ0n) is 17.6. The van der Waals surface area contributed by atoms with Crippen molar-refractivity contribution in [2.24, 2.45) is 0 Å². The number of thioether (sulfide) groups is 1. The number of carbonyl (C=O) groups excluding carboxylic acids is 1. The fourth-order valence-corrected chi connectivity index (χ4v) is 3.80. The zero-order chi connectivity index (χ0) is 23.4. The number of carbonyl (C=O) groups is 1. The summed E-state index contributed by atoms with van der Waals surface area (Å²) in [5.74, 6) is -0.924. The molecule has 0 unspecified atom stereocenters. The first-order chi connectivity index (χ1) is 16.0. The Hall–Kier alpha value is -3.98. The summed E-state index contributed by atoms with van der Waals surface area (Å²) < 4.78 is 15.1. The van der Waals surface area contributed by atoms with Crippen molar-refractivity contribution < 1.29 is 14.1 Å². The number of para-hydroxylation sites is 1. The van der Waals surface area contributed by atoms with Crippen LogP contribution >= 0.6 is 11.8 Å². The number of nitrogens with zero attached hydrogens (tertiary/aromatic N) is 3. The fourth-order valence-electron chi connectivity index (χ4n) is 3.36. The lowest BCUT2D eigenvalue weighted by molar-refractivity contribution is -0.385. The van der Waals surface area contributed by atoms with Gasteiger partial charge >= 0.3 is 0 Å². The van der Waals surface area contributed by atoms with Gasteiger partial charge in [-0.15, -0.1) is 11.8 Å². The van der Waals surface area contributed by atoms with Crippen LogP contribution in [-0.4, -0.2) is 26.9 Å². The molecule has 9 heteroatoms. The third-order valence-electron chi connectivity index (χ3n) is 5.01. The number of nitro groups is 1. The number of aromatic nitrogens is 2. The SMILES string of the molecule is CSc1ccc([N+](=O)[O-])c(C(=O)NCc2cn(-c3ccccc3)nc2-c2ccc(F)cc2)c1. The van der Waals surface area contributed by atoms with Gasteiger partial charge in [-0.2, -0.15) is 5.10 Å². The van der Waals surface area contributed by atoms with Crippen LogP contribution < -0.4 is 5.32 Å². The van der Waals surface area contributed by atoms with E-state index in [1.165, 1.54) is 36.0 Å². The Morgan fingerprint density at radius 3 is 2.52 bits per heavy atom. The van der Waals surface area contributed by atoms with E-state index in [2.05, 4.69) is 10.4 Å². The van der Waals surface area contributed by atoms with Crippen LogP contribution in [0.15, 0.2) is 83.9 Å². The van der Waals surface area contributed by atoms with Gasteiger partial charge in [0.1, 0.15) is 11.4 Å². The second-order valence-electron chi connectivity index (χ2n) is 7.11. The van der Waals surface area contributed by atoms with Crippen molar-refractivity contribution in [1.82, 2.24) is 15.1 Å². The summed E-state index contributed by atoms with van der Waals surface area (Å²) in [7, 11) is 0. The molecule has 0 radical (unpaired) electrons. The van der Waals surface area contributed by atoms with Crippen LogP contribution in [0.25, 0.3) is 16.9 Å². The van der Waals surface area contributed by atoms with Gasteiger partial charge < -0.3 is 5.32 Å². The average Bonchev–Trinajstić information content (AvgIpc) is 3.27. The number of rotatable bonds is 7. The maximum absolute atomic E-state index is 13.4. The topological polar surface area (TPSA) is 90.1 Å². The highest BCUT2D eigenvalue weighted by Crippen LogP contribution is 2.26. The Balaban J connectivity index is 1.66. The van der Waals surface area contributed by atoms with Gasteiger partial charge in [0, 0.05) is 34.8 Å². The summed E-state index contributed by atoms with van der Waals surface area (Å²) in [6, 6.07) is 19.8. The molecule has 166 valence electrons. The molecule has 1 aromatic heterocycles. The van der Waals surface area contributed by atoms with Crippen LogP contribution in [0.2, 0.25) is 0 Å². The van der Waals surface area contributed by atoms with Crippen LogP contribution in [0.4, 0.5) is 10.1 Å². The van der Waals surface area contributed by atoms with Crippen LogP contribution in [0, 0.1) is 15.9 Å². The Labute approximate surface area is 193 Å². The first kappa shape index (κ1) is 22.2.